The largest absolute Gasteiger partial charge is 0.495 e. The summed E-state index contributed by atoms with van der Waals surface area (Å²) in [5.74, 6) is 1.65. The van der Waals surface area contributed by atoms with E-state index in [1.807, 2.05) is 26.0 Å². The minimum Gasteiger partial charge on any atom is -0.495 e. The molecule has 0 saturated carbocycles. The Kier molecular flexibility index (Phi) is 7.19. The first-order valence-corrected chi connectivity index (χ1v) is 11.3. The summed E-state index contributed by atoms with van der Waals surface area (Å²) in [6.07, 6.45) is 0.270. The van der Waals surface area contributed by atoms with Gasteiger partial charge in [-0.05, 0) is 55.3 Å². The SMILES string of the molecule is COc1ccc(Cl)cc1S(=O)(=O)N(C)CCc1noc(COc2cc(C)cc(C)c2)n1. The molecule has 0 N–H and O–H groups in total. The number of likely N-dealkylation sites (N-methyl/N-ethyl adjacent to an activating group) is 1. The molecule has 0 radical (unpaired) electrons. The molecule has 31 heavy (non-hydrogen) atoms. The highest BCUT2D eigenvalue weighted by atomic mass is 35.5. The molecule has 166 valence electrons. The van der Waals surface area contributed by atoms with Crippen molar-refractivity contribution in [3.63, 3.8) is 0 Å². The first kappa shape index (κ1) is 23.1. The Balaban J connectivity index is 1.61. The molecule has 0 saturated heterocycles. The van der Waals surface area contributed by atoms with Gasteiger partial charge in [0, 0.05) is 25.0 Å². The Labute approximate surface area is 186 Å². The number of hydrogen-bond donors (Lipinski definition) is 0. The molecule has 0 unspecified atom stereocenters. The van der Waals surface area contributed by atoms with Crippen molar-refractivity contribution in [1.82, 2.24) is 14.4 Å². The summed E-state index contributed by atoms with van der Waals surface area (Å²) in [7, 11) is -0.931. The van der Waals surface area contributed by atoms with Gasteiger partial charge in [0.2, 0.25) is 10.0 Å². The summed E-state index contributed by atoms with van der Waals surface area (Å²) >= 11 is 5.97. The van der Waals surface area contributed by atoms with Crippen LogP contribution in [0.3, 0.4) is 0 Å². The van der Waals surface area contributed by atoms with Crippen molar-refractivity contribution in [2.24, 2.45) is 0 Å². The standard InChI is InChI=1S/C21H24ClN3O5S/c1-14-9-15(2)11-17(10-14)29-13-21-23-20(24-30-21)7-8-25(3)31(26,27)19-12-16(22)5-6-18(19)28-4/h5-6,9-12H,7-8,13H2,1-4H3. The van der Waals surface area contributed by atoms with Crippen LogP contribution < -0.4 is 9.47 Å². The van der Waals surface area contributed by atoms with Gasteiger partial charge in [-0.3, -0.25) is 0 Å². The first-order valence-electron chi connectivity index (χ1n) is 9.51. The molecule has 0 aliphatic rings. The van der Waals surface area contributed by atoms with E-state index in [0.717, 1.165) is 16.9 Å². The minimum atomic E-state index is -3.81. The highest BCUT2D eigenvalue weighted by Crippen LogP contribution is 2.29. The molecule has 0 aliphatic heterocycles. The van der Waals surface area contributed by atoms with Gasteiger partial charge in [-0.2, -0.15) is 4.98 Å². The number of halogens is 1. The lowest BCUT2D eigenvalue weighted by Gasteiger charge is -2.18. The molecular weight excluding hydrogens is 442 g/mol. The summed E-state index contributed by atoms with van der Waals surface area (Å²) in [6.45, 7) is 4.26. The van der Waals surface area contributed by atoms with E-state index in [-0.39, 0.29) is 30.2 Å². The molecule has 0 fully saturated rings. The zero-order chi connectivity index (χ0) is 22.6. The van der Waals surface area contributed by atoms with E-state index >= 15 is 0 Å². The van der Waals surface area contributed by atoms with Gasteiger partial charge in [0.15, 0.2) is 12.4 Å². The lowest BCUT2D eigenvalue weighted by Crippen LogP contribution is -2.29. The van der Waals surface area contributed by atoms with E-state index in [0.29, 0.717) is 16.7 Å². The van der Waals surface area contributed by atoms with Gasteiger partial charge in [0.25, 0.3) is 5.89 Å². The Bertz CT molecular complexity index is 1140. The van der Waals surface area contributed by atoms with Crippen LogP contribution in [0.2, 0.25) is 5.02 Å². The van der Waals surface area contributed by atoms with Crippen LogP contribution in [0.4, 0.5) is 0 Å². The number of ether oxygens (including phenoxy) is 2. The van der Waals surface area contributed by atoms with Gasteiger partial charge in [0.1, 0.15) is 16.4 Å². The average molecular weight is 466 g/mol. The third-order valence-corrected chi connectivity index (χ3v) is 6.65. The maximum Gasteiger partial charge on any atom is 0.264 e. The highest BCUT2D eigenvalue weighted by Gasteiger charge is 2.25. The van der Waals surface area contributed by atoms with E-state index < -0.39 is 10.0 Å². The fourth-order valence-corrected chi connectivity index (χ4v) is 4.59. The molecule has 0 aliphatic carbocycles. The van der Waals surface area contributed by atoms with Crippen LogP contribution in [0.5, 0.6) is 11.5 Å². The summed E-state index contributed by atoms with van der Waals surface area (Å²) < 4.78 is 43.1. The smallest absolute Gasteiger partial charge is 0.264 e. The predicted octanol–water partition coefficient (Wildman–Crippen LogP) is 3.79. The number of sulfonamides is 1. The molecule has 3 rings (SSSR count). The van der Waals surface area contributed by atoms with Gasteiger partial charge in [-0.25, -0.2) is 12.7 Å². The van der Waals surface area contributed by atoms with Crippen molar-refractivity contribution >= 4 is 21.6 Å². The topological polar surface area (TPSA) is 94.8 Å². The van der Waals surface area contributed by atoms with E-state index in [9.17, 15) is 8.42 Å². The van der Waals surface area contributed by atoms with Crippen LogP contribution in [-0.2, 0) is 23.1 Å². The molecule has 0 atom stereocenters. The number of hydrogen-bond acceptors (Lipinski definition) is 7. The fraction of sp³-hybridized carbons (Fsp3) is 0.333. The molecule has 10 heteroatoms. The number of aromatic nitrogens is 2. The fourth-order valence-electron chi connectivity index (χ4n) is 3.01. The van der Waals surface area contributed by atoms with Crippen molar-refractivity contribution in [3.05, 3.63) is 64.3 Å². The molecule has 8 nitrogen and oxygen atoms in total. The maximum atomic E-state index is 12.9. The minimum absolute atomic E-state index is 0.000601. The van der Waals surface area contributed by atoms with Gasteiger partial charge in [-0.1, -0.05) is 22.8 Å². The number of aryl methyl sites for hydroxylation is 2. The van der Waals surface area contributed by atoms with Crippen molar-refractivity contribution in [1.29, 1.82) is 0 Å². The van der Waals surface area contributed by atoms with Gasteiger partial charge < -0.3 is 14.0 Å². The highest BCUT2D eigenvalue weighted by molar-refractivity contribution is 7.89. The zero-order valence-corrected chi connectivity index (χ0v) is 19.3. The predicted molar refractivity (Wildman–Crippen MR) is 116 cm³/mol. The third-order valence-electron chi connectivity index (χ3n) is 4.53. The van der Waals surface area contributed by atoms with Crippen molar-refractivity contribution in [3.8, 4) is 11.5 Å². The molecule has 0 spiro atoms. The Morgan fingerprint density at radius 3 is 2.52 bits per heavy atom. The molecule has 3 aromatic rings. The van der Waals surface area contributed by atoms with E-state index in [1.54, 1.807) is 6.07 Å². The van der Waals surface area contributed by atoms with Crippen molar-refractivity contribution in [2.75, 3.05) is 20.7 Å². The second-order valence-corrected chi connectivity index (χ2v) is 9.54. The second-order valence-electron chi connectivity index (χ2n) is 7.09. The number of rotatable bonds is 9. The summed E-state index contributed by atoms with van der Waals surface area (Å²) in [5, 5.41) is 4.21. The third kappa shape index (κ3) is 5.75. The number of nitrogens with zero attached hydrogens (tertiary/aromatic N) is 3. The van der Waals surface area contributed by atoms with Crippen LogP contribution in [-0.4, -0.2) is 43.6 Å². The number of benzene rings is 2. The van der Waals surface area contributed by atoms with Crippen molar-refractivity contribution < 1.29 is 22.4 Å². The normalized spacial score (nSPS) is 11.7. The molecule has 0 bridgehead atoms. The second kappa shape index (κ2) is 9.67. The summed E-state index contributed by atoms with van der Waals surface area (Å²) in [5.41, 5.74) is 2.20. The Hall–Kier alpha value is -2.62. The van der Waals surface area contributed by atoms with Crippen LogP contribution in [0.1, 0.15) is 22.8 Å². The lowest BCUT2D eigenvalue weighted by atomic mass is 10.1. The van der Waals surface area contributed by atoms with Crippen LogP contribution >= 0.6 is 11.6 Å². The van der Waals surface area contributed by atoms with E-state index in [2.05, 4.69) is 16.2 Å². The molecule has 1 aromatic heterocycles. The van der Waals surface area contributed by atoms with Crippen molar-refractivity contribution in [2.45, 2.75) is 31.8 Å². The number of methoxy groups -OCH3 is 1. The molecule has 0 amide bonds. The van der Waals surface area contributed by atoms with Crippen LogP contribution in [0, 0.1) is 13.8 Å². The molecular formula is C21H24ClN3O5S. The van der Waals surface area contributed by atoms with E-state index in [4.69, 9.17) is 25.6 Å². The summed E-state index contributed by atoms with van der Waals surface area (Å²) in [4.78, 5) is 4.28. The van der Waals surface area contributed by atoms with E-state index in [1.165, 1.54) is 30.6 Å². The molecule has 1 heterocycles. The summed E-state index contributed by atoms with van der Waals surface area (Å²) in [6, 6.07) is 10.4. The van der Waals surface area contributed by atoms with Crippen LogP contribution in [0.25, 0.3) is 0 Å². The Morgan fingerprint density at radius 1 is 1.13 bits per heavy atom. The first-order chi connectivity index (χ1) is 14.7. The zero-order valence-electron chi connectivity index (χ0n) is 17.8. The Morgan fingerprint density at radius 2 is 1.84 bits per heavy atom. The van der Waals surface area contributed by atoms with Gasteiger partial charge in [-0.15, -0.1) is 0 Å². The lowest BCUT2D eigenvalue weighted by molar-refractivity contribution is 0.242. The average Bonchev–Trinajstić information content (AvgIpc) is 3.17. The quantitative estimate of drug-likeness (QED) is 0.474. The molecule has 2 aromatic carbocycles. The van der Waals surface area contributed by atoms with Gasteiger partial charge >= 0.3 is 0 Å². The van der Waals surface area contributed by atoms with Crippen LogP contribution in [0.15, 0.2) is 45.8 Å². The maximum absolute atomic E-state index is 12.9. The van der Waals surface area contributed by atoms with Gasteiger partial charge in [0.05, 0.1) is 7.11 Å². The monoisotopic (exact) mass is 465 g/mol.